The third kappa shape index (κ3) is 3.57. The van der Waals surface area contributed by atoms with Gasteiger partial charge < -0.3 is 11.1 Å². The van der Waals surface area contributed by atoms with Gasteiger partial charge in [-0.3, -0.25) is 15.0 Å². The van der Waals surface area contributed by atoms with E-state index in [1.807, 2.05) is 38.1 Å². The highest BCUT2D eigenvalue weighted by Gasteiger charge is 2.17. The van der Waals surface area contributed by atoms with Crippen LogP contribution in [0.5, 0.6) is 0 Å². The molecule has 2 aromatic rings. The largest absolute Gasteiger partial charge is 0.346 e. The molecule has 2 rings (SSSR count). The maximum atomic E-state index is 11.8. The van der Waals surface area contributed by atoms with Crippen LogP contribution < -0.4 is 16.5 Å². The normalized spacial score (nSPS) is 12.4. The zero-order valence-corrected chi connectivity index (χ0v) is 12.0. The Morgan fingerprint density at radius 1 is 1.33 bits per heavy atom. The van der Waals surface area contributed by atoms with Crippen LogP contribution in [0.1, 0.15) is 13.8 Å². The topological polar surface area (TPSA) is 102 Å². The van der Waals surface area contributed by atoms with Crippen molar-refractivity contribution in [3.05, 3.63) is 30.6 Å². The summed E-state index contributed by atoms with van der Waals surface area (Å²) in [5.41, 5.74) is 9.92. The molecule has 0 unspecified atom stereocenters. The Kier molecular flexibility index (Phi) is 4.54. The van der Waals surface area contributed by atoms with E-state index in [0.717, 1.165) is 11.0 Å². The molecule has 21 heavy (non-hydrogen) atoms. The minimum atomic E-state index is -0.619. The van der Waals surface area contributed by atoms with Gasteiger partial charge in [0.2, 0.25) is 5.91 Å². The molecular weight excluding hydrogens is 270 g/mol. The standard InChI is InChI=1S/C14H19N5O2/c1-9(2)13(15)14(21)16-7-12(20)18-19-8-17-10-5-3-4-6-11(10)19/h3-6,8-9,13H,7,15H2,1-2H3,(H,16,21)(H,18,20)/t13-/m0/s1. The molecule has 112 valence electrons. The second-order valence-corrected chi connectivity index (χ2v) is 5.13. The average molecular weight is 289 g/mol. The Morgan fingerprint density at radius 3 is 2.76 bits per heavy atom. The highest BCUT2D eigenvalue weighted by Crippen LogP contribution is 2.09. The second-order valence-electron chi connectivity index (χ2n) is 5.13. The number of benzene rings is 1. The van der Waals surface area contributed by atoms with E-state index in [9.17, 15) is 9.59 Å². The molecule has 1 atom stereocenters. The fraction of sp³-hybridized carbons (Fsp3) is 0.357. The molecule has 2 amide bonds. The van der Waals surface area contributed by atoms with Gasteiger partial charge in [0.05, 0.1) is 23.6 Å². The van der Waals surface area contributed by atoms with Gasteiger partial charge in [0.25, 0.3) is 5.91 Å². The first-order valence-corrected chi connectivity index (χ1v) is 6.74. The van der Waals surface area contributed by atoms with E-state index >= 15 is 0 Å². The summed E-state index contributed by atoms with van der Waals surface area (Å²) in [6.07, 6.45) is 1.52. The van der Waals surface area contributed by atoms with E-state index in [1.54, 1.807) is 0 Å². The van der Waals surface area contributed by atoms with Gasteiger partial charge >= 0.3 is 0 Å². The van der Waals surface area contributed by atoms with Crippen LogP contribution in [0.4, 0.5) is 0 Å². The SMILES string of the molecule is CC(C)[C@H](N)C(=O)NCC(=O)Nn1cnc2ccccc21. The molecule has 0 saturated carbocycles. The number of imidazole rings is 1. The Bertz CT molecular complexity index is 650. The summed E-state index contributed by atoms with van der Waals surface area (Å²) in [6, 6.07) is 6.80. The monoisotopic (exact) mass is 289 g/mol. The molecule has 7 nitrogen and oxygen atoms in total. The number of carbonyl (C=O) groups is 2. The van der Waals surface area contributed by atoms with E-state index < -0.39 is 6.04 Å². The molecule has 4 N–H and O–H groups in total. The van der Waals surface area contributed by atoms with Gasteiger partial charge in [-0.15, -0.1) is 0 Å². The number of amides is 2. The Hall–Kier alpha value is -2.41. The number of nitrogens with two attached hydrogens (primary N) is 1. The quantitative estimate of drug-likeness (QED) is 0.732. The molecular formula is C14H19N5O2. The van der Waals surface area contributed by atoms with Crippen molar-refractivity contribution >= 4 is 22.8 Å². The van der Waals surface area contributed by atoms with Gasteiger partial charge in [0, 0.05) is 0 Å². The van der Waals surface area contributed by atoms with Crippen molar-refractivity contribution in [3.8, 4) is 0 Å². The van der Waals surface area contributed by atoms with E-state index in [0.29, 0.717) is 0 Å². The fourth-order valence-corrected chi connectivity index (χ4v) is 1.81. The van der Waals surface area contributed by atoms with Crippen LogP contribution in [0.2, 0.25) is 0 Å². The zero-order chi connectivity index (χ0) is 15.4. The highest BCUT2D eigenvalue weighted by atomic mass is 16.2. The van der Waals surface area contributed by atoms with Crippen molar-refractivity contribution in [3.63, 3.8) is 0 Å². The van der Waals surface area contributed by atoms with Crippen LogP contribution in [0.25, 0.3) is 11.0 Å². The van der Waals surface area contributed by atoms with Crippen LogP contribution in [0, 0.1) is 5.92 Å². The van der Waals surface area contributed by atoms with Gasteiger partial charge in [-0.25, -0.2) is 9.66 Å². The predicted octanol–water partition coefficient (Wildman–Crippen LogP) is 0.206. The maximum Gasteiger partial charge on any atom is 0.258 e. The number of hydrogen-bond donors (Lipinski definition) is 3. The number of hydrogen-bond acceptors (Lipinski definition) is 4. The van der Waals surface area contributed by atoms with Crippen LogP contribution in [0.3, 0.4) is 0 Å². The van der Waals surface area contributed by atoms with E-state index in [-0.39, 0.29) is 24.3 Å². The Morgan fingerprint density at radius 2 is 2.05 bits per heavy atom. The highest BCUT2D eigenvalue weighted by molar-refractivity contribution is 5.92. The molecule has 0 aliphatic heterocycles. The summed E-state index contributed by atoms with van der Waals surface area (Å²) in [6.45, 7) is 3.57. The van der Waals surface area contributed by atoms with Crippen LogP contribution in [0.15, 0.2) is 30.6 Å². The molecule has 0 spiro atoms. The van der Waals surface area contributed by atoms with Crippen molar-refractivity contribution in [2.45, 2.75) is 19.9 Å². The van der Waals surface area contributed by atoms with Gasteiger partial charge in [-0.2, -0.15) is 0 Å². The van der Waals surface area contributed by atoms with E-state index in [4.69, 9.17) is 5.73 Å². The van der Waals surface area contributed by atoms with Gasteiger partial charge in [-0.05, 0) is 18.1 Å². The third-order valence-corrected chi connectivity index (χ3v) is 3.14. The number of aromatic nitrogens is 2. The number of carbonyl (C=O) groups excluding carboxylic acids is 2. The van der Waals surface area contributed by atoms with Crippen LogP contribution in [-0.4, -0.2) is 34.1 Å². The first-order valence-electron chi connectivity index (χ1n) is 6.74. The fourth-order valence-electron chi connectivity index (χ4n) is 1.81. The molecule has 1 aromatic heterocycles. The minimum Gasteiger partial charge on any atom is -0.346 e. The summed E-state index contributed by atoms with van der Waals surface area (Å²) in [5, 5.41) is 2.51. The molecule has 0 aliphatic rings. The number of nitrogens with zero attached hydrogens (tertiary/aromatic N) is 2. The molecule has 0 saturated heterocycles. The second kappa shape index (κ2) is 6.36. The van der Waals surface area contributed by atoms with Crippen molar-refractivity contribution in [2.75, 3.05) is 12.0 Å². The lowest BCUT2D eigenvalue weighted by Gasteiger charge is -2.15. The van der Waals surface area contributed by atoms with Crippen molar-refractivity contribution < 1.29 is 9.59 Å². The maximum absolute atomic E-state index is 11.8. The van der Waals surface area contributed by atoms with Crippen molar-refractivity contribution in [1.29, 1.82) is 0 Å². The lowest BCUT2D eigenvalue weighted by atomic mass is 10.1. The molecule has 0 radical (unpaired) electrons. The summed E-state index contributed by atoms with van der Waals surface area (Å²) in [4.78, 5) is 27.7. The lowest BCUT2D eigenvalue weighted by molar-refractivity contribution is -0.126. The number of para-hydroxylation sites is 2. The predicted molar refractivity (Wildman–Crippen MR) is 79.9 cm³/mol. The molecule has 0 fully saturated rings. The van der Waals surface area contributed by atoms with E-state index in [1.165, 1.54) is 11.0 Å². The number of nitrogens with one attached hydrogen (secondary N) is 2. The van der Waals surface area contributed by atoms with Gasteiger partial charge in [0.1, 0.15) is 6.33 Å². The van der Waals surface area contributed by atoms with Gasteiger partial charge in [0.15, 0.2) is 0 Å². The summed E-state index contributed by atoms with van der Waals surface area (Å²) in [7, 11) is 0. The number of rotatable bonds is 5. The molecule has 0 aliphatic carbocycles. The van der Waals surface area contributed by atoms with Gasteiger partial charge in [-0.1, -0.05) is 26.0 Å². The minimum absolute atomic E-state index is 0.0191. The average Bonchev–Trinajstić information content (AvgIpc) is 2.87. The Labute approximate surface area is 122 Å². The first-order chi connectivity index (χ1) is 9.99. The molecule has 0 bridgehead atoms. The van der Waals surface area contributed by atoms with Crippen molar-refractivity contribution in [1.82, 2.24) is 15.0 Å². The summed E-state index contributed by atoms with van der Waals surface area (Å²) in [5.74, 6) is -0.663. The summed E-state index contributed by atoms with van der Waals surface area (Å²) < 4.78 is 1.52. The zero-order valence-electron chi connectivity index (χ0n) is 12.0. The third-order valence-electron chi connectivity index (χ3n) is 3.14. The van der Waals surface area contributed by atoms with E-state index in [2.05, 4.69) is 15.7 Å². The molecule has 1 heterocycles. The van der Waals surface area contributed by atoms with Crippen LogP contribution >= 0.6 is 0 Å². The van der Waals surface area contributed by atoms with Crippen LogP contribution in [-0.2, 0) is 9.59 Å². The summed E-state index contributed by atoms with van der Waals surface area (Å²) >= 11 is 0. The lowest BCUT2D eigenvalue weighted by Crippen LogP contribution is -2.46. The molecule has 1 aromatic carbocycles. The first kappa shape index (κ1) is 15.0. The Balaban J connectivity index is 1.92. The molecule has 7 heteroatoms. The van der Waals surface area contributed by atoms with Crippen molar-refractivity contribution in [2.24, 2.45) is 11.7 Å². The smallest absolute Gasteiger partial charge is 0.258 e. The number of fused-ring (bicyclic) bond motifs is 1.